The van der Waals surface area contributed by atoms with Crippen molar-refractivity contribution >= 4 is 0 Å². The number of rotatable bonds is 6. The third-order valence-electron chi connectivity index (χ3n) is 3.03. The first-order valence-corrected chi connectivity index (χ1v) is 6.07. The Morgan fingerprint density at radius 2 is 1.89 bits per heavy atom. The minimum absolute atomic E-state index is 0.315. The Morgan fingerprint density at radius 3 is 2.33 bits per heavy atom. The lowest BCUT2D eigenvalue weighted by molar-refractivity contribution is 0.254. The lowest BCUT2D eigenvalue weighted by Crippen LogP contribution is -2.27. The van der Waals surface area contributed by atoms with Crippen LogP contribution in [0.25, 0.3) is 0 Å². The molecule has 0 spiro atoms. The highest BCUT2D eigenvalue weighted by atomic mass is 16.5. The summed E-state index contributed by atoms with van der Waals surface area (Å²) in [5.41, 5.74) is 0.850. The molecule has 0 saturated heterocycles. The van der Waals surface area contributed by atoms with Crippen molar-refractivity contribution in [2.75, 3.05) is 27.3 Å². The van der Waals surface area contributed by atoms with Crippen molar-refractivity contribution in [3.8, 4) is 17.6 Å². The van der Waals surface area contributed by atoms with Gasteiger partial charge in [0.25, 0.3) is 0 Å². The maximum absolute atomic E-state index is 9.41. The minimum atomic E-state index is -0.315. The van der Waals surface area contributed by atoms with Crippen molar-refractivity contribution < 1.29 is 9.47 Å². The van der Waals surface area contributed by atoms with Crippen molar-refractivity contribution in [3.05, 3.63) is 23.8 Å². The van der Waals surface area contributed by atoms with E-state index in [0.29, 0.717) is 11.5 Å². The van der Waals surface area contributed by atoms with Crippen LogP contribution in [0.2, 0.25) is 0 Å². The second kappa shape index (κ2) is 6.87. The molecular formula is C14H20N2O2. The molecule has 4 nitrogen and oxygen atoms in total. The molecule has 0 radical (unpaired) electrons. The van der Waals surface area contributed by atoms with E-state index in [4.69, 9.17) is 9.47 Å². The van der Waals surface area contributed by atoms with Crippen molar-refractivity contribution in [2.45, 2.75) is 19.9 Å². The zero-order chi connectivity index (χ0) is 13.5. The summed E-state index contributed by atoms with van der Waals surface area (Å²) in [6.07, 6.45) is 0. The second-order valence-electron chi connectivity index (χ2n) is 3.84. The fourth-order valence-electron chi connectivity index (χ4n) is 2.06. The predicted molar refractivity (Wildman–Crippen MR) is 70.8 cm³/mol. The van der Waals surface area contributed by atoms with Crippen LogP contribution < -0.4 is 9.47 Å². The van der Waals surface area contributed by atoms with Crippen LogP contribution in [0.1, 0.15) is 25.5 Å². The molecule has 0 heterocycles. The topological polar surface area (TPSA) is 45.5 Å². The summed E-state index contributed by atoms with van der Waals surface area (Å²) in [4.78, 5) is 2.08. The predicted octanol–water partition coefficient (Wildman–Crippen LogP) is 2.61. The van der Waals surface area contributed by atoms with E-state index >= 15 is 0 Å². The maximum Gasteiger partial charge on any atom is 0.166 e. The van der Waals surface area contributed by atoms with Gasteiger partial charge in [0.2, 0.25) is 0 Å². The number of methoxy groups -OCH3 is 2. The summed E-state index contributed by atoms with van der Waals surface area (Å²) in [6.45, 7) is 5.71. The minimum Gasteiger partial charge on any atom is -0.493 e. The van der Waals surface area contributed by atoms with Crippen LogP contribution in [0.5, 0.6) is 11.5 Å². The molecule has 0 amide bonds. The third kappa shape index (κ3) is 2.74. The zero-order valence-electron chi connectivity index (χ0n) is 11.4. The molecule has 0 aliphatic heterocycles. The standard InChI is InChI=1S/C14H20N2O2/c1-5-16(6-2)12(10-15)11-8-7-9-13(17-3)14(11)18-4/h7-9,12H,5-6H2,1-4H3. The number of benzene rings is 1. The van der Waals surface area contributed by atoms with E-state index in [0.717, 1.165) is 18.7 Å². The van der Waals surface area contributed by atoms with E-state index in [2.05, 4.69) is 11.0 Å². The Hall–Kier alpha value is -1.73. The molecule has 98 valence electrons. The fourth-order valence-corrected chi connectivity index (χ4v) is 2.06. The van der Waals surface area contributed by atoms with Gasteiger partial charge in [0.1, 0.15) is 6.04 Å². The molecule has 1 atom stereocenters. The summed E-state index contributed by atoms with van der Waals surface area (Å²) < 4.78 is 10.7. The largest absolute Gasteiger partial charge is 0.493 e. The van der Waals surface area contributed by atoms with Gasteiger partial charge in [-0.15, -0.1) is 0 Å². The molecule has 18 heavy (non-hydrogen) atoms. The van der Waals surface area contributed by atoms with Crippen molar-refractivity contribution in [3.63, 3.8) is 0 Å². The number of nitrogens with zero attached hydrogens (tertiary/aromatic N) is 2. The highest BCUT2D eigenvalue weighted by molar-refractivity contribution is 5.49. The van der Waals surface area contributed by atoms with Gasteiger partial charge < -0.3 is 9.47 Å². The molecule has 0 N–H and O–H groups in total. The molecule has 0 fully saturated rings. The number of para-hydroxylation sites is 1. The van der Waals surface area contributed by atoms with Crippen LogP contribution in [0.3, 0.4) is 0 Å². The van der Waals surface area contributed by atoms with E-state index in [1.165, 1.54) is 0 Å². The monoisotopic (exact) mass is 248 g/mol. The molecule has 1 aromatic carbocycles. The van der Waals surface area contributed by atoms with Crippen LogP contribution in [0.15, 0.2) is 18.2 Å². The van der Waals surface area contributed by atoms with Gasteiger partial charge in [0.15, 0.2) is 11.5 Å². The molecule has 4 heteroatoms. The fraction of sp³-hybridized carbons (Fsp3) is 0.500. The van der Waals surface area contributed by atoms with E-state index in [9.17, 15) is 5.26 Å². The van der Waals surface area contributed by atoms with Crippen LogP contribution in [0.4, 0.5) is 0 Å². The van der Waals surface area contributed by atoms with Crippen LogP contribution in [0, 0.1) is 11.3 Å². The Labute approximate surface area is 109 Å². The third-order valence-corrected chi connectivity index (χ3v) is 3.03. The Bertz CT molecular complexity index is 422. The quantitative estimate of drug-likeness (QED) is 0.776. The molecule has 0 aromatic heterocycles. The first kappa shape index (κ1) is 14.3. The SMILES string of the molecule is CCN(CC)C(C#N)c1cccc(OC)c1OC. The van der Waals surface area contributed by atoms with E-state index in [1.807, 2.05) is 32.0 Å². The Balaban J connectivity index is 3.25. The summed E-state index contributed by atoms with van der Waals surface area (Å²) in [6, 6.07) is 7.64. The molecule has 1 rings (SSSR count). The van der Waals surface area contributed by atoms with Gasteiger partial charge >= 0.3 is 0 Å². The number of hydrogen-bond donors (Lipinski definition) is 0. The van der Waals surface area contributed by atoms with E-state index in [-0.39, 0.29) is 6.04 Å². The molecule has 0 aliphatic carbocycles. The summed E-state index contributed by atoms with van der Waals surface area (Å²) in [5.74, 6) is 1.29. The molecule has 0 aliphatic rings. The van der Waals surface area contributed by atoms with Gasteiger partial charge in [0, 0.05) is 5.56 Å². The highest BCUT2D eigenvalue weighted by Crippen LogP contribution is 2.36. The summed E-state index contributed by atoms with van der Waals surface area (Å²) >= 11 is 0. The second-order valence-corrected chi connectivity index (χ2v) is 3.84. The molecule has 0 bridgehead atoms. The highest BCUT2D eigenvalue weighted by Gasteiger charge is 2.22. The van der Waals surface area contributed by atoms with E-state index < -0.39 is 0 Å². The van der Waals surface area contributed by atoms with Gasteiger partial charge in [-0.05, 0) is 19.2 Å². The first-order valence-electron chi connectivity index (χ1n) is 6.07. The lowest BCUT2D eigenvalue weighted by Gasteiger charge is -2.26. The summed E-state index contributed by atoms with van der Waals surface area (Å²) in [7, 11) is 3.19. The van der Waals surface area contributed by atoms with Crippen molar-refractivity contribution in [1.82, 2.24) is 4.90 Å². The lowest BCUT2D eigenvalue weighted by atomic mass is 10.0. The van der Waals surface area contributed by atoms with E-state index in [1.54, 1.807) is 14.2 Å². The number of hydrogen-bond acceptors (Lipinski definition) is 4. The Kier molecular flexibility index (Phi) is 5.47. The van der Waals surface area contributed by atoms with Gasteiger partial charge in [-0.1, -0.05) is 26.0 Å². The summed E-state index contributed by atoms with van der Waals surface area (Å²) in [5, 5.41) is 9.41. The number of ether oxygens (including phenoxy) is 2. The average Bonchev–Trinajstić information content (AvgIpc) is 2.43. The van der Waals surface area contributed by atoms with Gasteiger partial charge in [-0.3, -0.25) is 4.90 Å². The first-order chi connectivity index (χ1) is 8.73. The van der Waals surface area contributed by atoms with Gasteiger partial charge in [0.05, 0.1) is 20.3 Å². The molecular weight excluding hydrogens is 228 g/mol. The Morgan fingerprint density at radius 1 is 1.22 bits per heavy atom. The zero-order valence-corrected chi connectivity index (χ0v) is 11.4. The molecule has 0 saturated carbocycles. The van der Waals surface area contributed by atoms with Crippen LogP contribution in [-0.2, 0) is 0 Å². The molecule has 1 unspecified atom stereocenters. The maximum atomic E-state index is 9.41. The number of nitriles is 1. The van der Waals surface area contributed by atoms with Crippen molar-refractivity contribution in [1.29, 1.82) is 5.26 Å². The van der Waals surface area contributed by atoms with Crippen LogP contribution >= 0.6 is 0 Å². The van der Waals surface area contributed by atoms with Crippen molar-refractivity contribution in [2.24, 2.45) is 0 Å². The average molecular weight is 248 g/mol. The van der Waals surface area contributed by atoms with Crippen LogP contribution in [-0.4, -0.2) is 32.2 Å². The van der Waals surface area contributed by atoms with Gasteiger partial charge in [-0.25, -0.2) is 0 Å². The normalized spacial score (nSPS) is 12.0. The smallest absolute Gasteiger partial charge is 0.166 e. The van der Waals surface area contributed by atoms with Gasteiger partial charge in [-0.2, -0.15) is 5.26 Å². The molecule has 1 aromatic rings.